The van der Waals surface area contributed by atoms with Gasteiger partial charge in [-0.25, -0.2) is 5.43 Å². The number of hydrogen-bond acceptors (Lipinski definition) is 2. The fourth-order valence-corrected chi connectivity index (χ4v) is 3.26. The molecule has 0 saturated heterocycles. The van der Waals surface area contributed by atoms with Crippen LogP contribution < -0.4 is 10.9 Å². The Kier molecular flexibility index (Phi) is 9.74. The van der Waals surface area contributed by atoms with Crippen molar-refractivity contribution in [3.8, 4) is 0 Å². The molecule has 32 heavy (non-hydrogen) atoms. The van der Waals surface area contributed by atoms with Crippen molar-refractivity contribution < 1.29 is 31.1 Å². The van der Waals surface area contributed by atoms with Crippen LogP contribution in [0.2, 0.25) is 15.1 Å². The van der Waals surface area contributed by atoms with E-state index < -0.39 is 35.3 Å². The maximum Gasteiger partial charge on any atom is 0.417 e. The van der Waals surface area contributed by atoms with Gasteiger partial charge in [0.2, 0.25) is 0 Å². The standard InChI is InChI=1S/C19H13Cl3F6N2O.ClH/c1-29-30-17(31)11-4-2-9(6-13(11)19(26,27)28)3-5-12(18(23,24)25)10-7-14(20)16(22)15(21)8-10;/h2-8,12,29H,1H3,(H,30,31);1H/b5-3+;. The topological polar surface area (TPSA) is 41.1 Å². The molecule has 2 rings (SSSR count). The molecule has 0 aliphatic rings. The molecule has 2 N–H and O–H groups in total. The lowest BCUT2D eigenvalue weighted by molar-refractivity contribution is -0.139. The minimum absolute atomic E-state index is 0. The highest BCUT2D eigenvalue weighted by atomic mass is 35.5. The smallest absolute Gasteiger partial charge is 0.288 e. The Hall–Kier alpha value is -1.65. The van der Waals surface area contributed by atoms with E-state index in [1.807, 2.05) is 5.43 Å². The van der Waals surface area contributed by atoms with Gasteiger partial charge in [-0.05, 0) is 35.4 Å². The normalized spacial score (nSPS) is 13.1. The van der Waals surface area contributed by atoms with Gasteiger partial charge in [-0.2, -0.15) is 26.3 Å². The number of carbonyl (C=O) groups is 1. The summed E-state index contributed by atoms with van der Waals surface area (Å²) in [5.41, 5.74) is 1.68. The van der Waals surface area contributed by atoms with Crippen molar-refractivity contribution in [1.82, 2.24) is 10.9 Å². The van der Waals surface area contributed by atoms with E-state index in [2.05, 4.69) is 5.43 Å². The Morgan fingerprint density at radius 3 is 2.03 bits per heavy atom. The predicted octanol–water partition coefficient (Wildman–Crippen LogP) is 7.31. The second kappa shape index (κ2) is 11.0. The highest BCUT2D eigenvalue weighted by Gasteiger charge is 2.39. The number of rotatable bonds is 5. The maximum atomic E-state index is 13.6. The van der Waals surface area contributed by atoms with Crippen LogP contribution in [0, 0.1) is 0 Å². The molecule has 176 valence electrons. The maximum absolute atomic E-state index is 13.6. The Labute approximate surface area is 200 Å². The molecular weight excluding hydrogens is 528 g/mol. The van der Waals surface area contributed by atoms with Crippen LogP contribution in [0.1, 0.15) is 33.0 Å². The molecule has 0 aliphatic heterocycles. The summed E-state index contributed by atoms with van der Waals surface area (Å²) in [4.78, 5) is 11.8. The van der Waals surface area contributed by atoms with Gasteiger partial charge in [-0.1, -0.05) is 53.0 Å². The second-order valence-electron chi connectivity index (χ2n) is 6.18. The average molecular weight is 542 g/mol. The molecule has 0 saturated carbocycles. The van der Waals surface area contributed by atoms with Gasteiger partial charge in [0.15, 0.2) is 0 Å². The lowest BCUT2D eigenvalue weighted by Crippen LogP contribution is -2.35. The molecule has 0 radical (unpaired) electrons. The summed E-state index contributed by atoms with van der Waals surface area (Å²) in [6.45, 7) is 0. The van der Waals surface area contributed by atoms with Crippen LogP contribution in [0.25, 0.3) is 6.08 Å². The number of nitrogens with one attached hydrogen (secondary N) is 2. The van der Waals surface area contributed by atoms with Crippen LogP contribution in [0.3, 0.4) is 0 Å². The first kappa shape index (κ1) is 28.4. The fourth-order valence-electron chi connectivity index (χ4n) is 2.65. The van der Waals surface area contributed by atoms with Gasteiger partial charge < -0.3 is 0 Å². The summed E-state index contributed by atoms with van der Waals surface area (Å²) in [5.74, 6) is -3.27. The number of hydrogen-bond donors (Lipinski definition) is 2. The number of carbonyl (C=O) groups excluding carboxylic acids is 1. The average Bonchev–Trinajstić information content (AvgIpc) is 2.64. The molecule has 0 aromatic heterocycles. The van der Waals surface area contributed by atoms with Crippen LogP contribution in [-0.4, -0.2) is 19.1 Å². The SMILES string of the molecule is CNNC(=O)c1ccc(/C=C/C(c2cc(Cl)c(Cl)c(Cl)c2)C(F)(F)F)cc1C(F)(F)F.Cl. The first-order valence-electron chi connectivity index (χ1n) is 8.33. The summed E-state index contributed by atoms with van der Waals surface area (Å²) in [6, 6.07) is 4.49. The van der Waals surface area contributed by atoms with Gasteiger partial charge in [0.1, 0.15) is 0 Å². The third kappa shape index (κ3) is 6.92. The summed E-state index contributed by atoms with van der Waals surface area (Å²) >= 11 is 17.4. The molecule has 1 atom stereocenters. The summed E-state index contributed by atoms with van der Waals surface area (Å²) in [5, 5.41) is -0.528. The van der Waals surface area contributed by atoms with E-state index in [0.29, 0.717) is 12.1 Å². The molecule has 0 fully saturated rings. The lowest BCUT2D eigenvalue weighted by atomic mass is 9.96. The van der Waals surface area contributed by atoms with Crippen molar-refractivity contribution in [2.24, 2.45) is 0 Å². The number of halogens is 10. The molecular formula is C19H14Cl4F6N2O. The van der Waals surface area contributed by atoms with Crippen LogP contribution in [0.5, 0.6) is 0 Å². The molecule has 0 aliphatic carbocycles. The van der Waals surface area contributed by atoms with Gasteiger partial charge in [-0.3, -0.25) is 10.2 Å². The summed E-state index contributed by atoms with van der Waals surface area (Å²) < 4.78 is 80.8. The highest BCUT2D eigenvalue weighted by Crippen LogP contribution is 2.41. The monoisotopic (exact) mass is 540 g/mol. The minimum atomic E-state index is -4.91. The van der Waals surface area contributed by atoms with Crippen molar-refractivity contribution in [3.05, 3.63) is 73.7 Å². The van der Waals surface area contributed by atoms with Crippen molar-refractivity contribution in [2.75, 3.05) is 7.05 Å². The molecule has 0 heterocycles. The Morgan fingerprint density at radius 1 is 1.00 bits per heavy atom. The lowest BCUT2D eigenvalue weighted by Gasteiger charge is -2.18. The third-order valence-electron chi connectivity index (χ3n) is 4.03. The van der Waals surface area contributed by atoms with Crippen LogP contribution in [0.15, 0.2) is 36.4 Å². The van der Waals surface area contributed by atoms with Gasteiger partial charge in [0.25, 0.3) is 5.91 Å². The van der Waals surface area contributed by atoms with E-state index in [1.165, 1.54) is 7.05 Å². The van der Waals surface area contributed by atoms with E-state index in [0.717, 1.165) is 30.3 Å². The first-order valence-corrected chi connectivity index (χ1v) is 9.46. The fraction of sp³-hybridized carbons (Fsp3) is 0.211. The van der Waals surface area contributed by atoms with Crippen molar-refractivity contribution in [1.29, 1.82) is 0 Å². The zero-order chi connectivity index (χ0) is 23.6. The number of benzene rings is 2. The summed E-state index contributed by atoms with van der Waals surface area (Å²) in [6.07, 6.45) is -8.18. The molecule has 2 aromatic carbocycles. The molecule has 1 amide bonds. The Balaban J connectivity index is 0.00000512. The van der Waals surface area contributed by atoms with Crippen LogP contribution in [-0.2, 0) is 6.18 Å². The molecule has 13 heteroatoms. The van der Waals surface area contributed by atoms with Crippen molar-refractivity contribution in [3.63, 3.8) is 0 Å². The number of hydrazine groups is 1. The van der Waals surface area contributed by atoms with Gasteiger partial charge >= 0.3 is 12.4 Å². The Morgan fingerprint density at radius 2 is 1.56 bits per heavy atom. The summed E-state index contributed by atoms with van der Waals surface area (Å²) in [7, 11) is 1.29. The van der Waals surface area contributed by atoms with Gasteiger partial charge in [0, 0.05) is 7.05 Å². The van der Waals surface area contributed by atoms with Crippen LogP contribution in [0.4, 0.5) is 26.3 Å². The van der Waals surface area contributed by atoms with E-state index in [-0.39, 0.29) is 38.6 Å². The number of amides is 1. The molecule has 3 nitrogen and oxygen atoms in total. The Bertz CT molecular complexity index is 985. The molecule has 0 bridgehead atoms. The third-order valence-corrected chi connectivity index (χ3v) is 5.23. The van der Waals surface area contributed by atoms with E-state index in [9.17, 15) is 31.1 Å². The van der Waals surface area contributed by atoms with E-state index in [1.54, 1.807) is 0 Å². The van der Waals surface area contributed by atoms with E-state index >= 15 is 0 Å². The minimum Gasteiger partial charge on any atom is -0.288 e. The molecule has 2 aromatic rings. The van der Waals surface area contributed by atoms with Crippen molar-refractivity contribution in [2.45, 2.75) is 18.3 Å². The van der Waals surface area contributed by atoms with Gasteiger partial charge in [-0.15, -0.1) is 12.4 Å². The van der Waals surface area contributed by atoms with Gasteiger partial charge in [0.05, 0.1) is 32.1 Å². The zero-order valence-corrected chi connectivity index (χ0v) is 18.9. The molecule has 1 unspecified atom stereocenters. The first-order chi connectivity index (χ1) is 14.3. The zero-order valence-electron chi connectivity index (χ0n) is 15.8. The molecule has 0 spiro atoms. The number of alkyl halides is 6. The highest BCUT2D eigenvalue weighted by molar-refractivity contribution is 6.48. The predicted molar refractivity (Wildman–Crippen MR) is 115 cm³/mol. The quantitative estimate of drug-likeness (QED) is 0.237. The largest absolute Gasteiger partial charge is 0.417 e. The van der Waals surface area contributed by atoms with Crippen molar-refractivity contribution >= 4 is 59.2 Å². The number of allylic oxidation sites excluding steroid dienone is 1. The second-order valence-corrected chi connectivity index (χ2v) is 7.38. The van der Waals surface area contributed by atoms with Crippen LogP contribution >= 0.6 is 47.2 Å². The van der Waals surface area contributed by atoms with E-state index in [4.69, 9.17) is 34.8 Å².